The SMILES string of the molecule is C[C@@H]1CCCCO[C@@H](CN(C)S(=O)(=O)c2ccccc2)[C@@H](C)CN([C@H](C)CO)C(=O)c2cc(NC(=O)Nc3ccccc3)ccc2O1. The fourth-order valence-electron chi connectivity index (χ4n) is 5.40. The highest BCUT2D eigenvalue weighted by atomic mass is 32.2. The zero-order valence-electron chi connectivity index (χ0n) is 27.5. The van der Waals surface area contributed by atoms with Crippen LogP contribution in [0.2, 0.25) is 0 Å². The summed E-state index contributed by atoms with van der Waals surface area (Å²) >= 11 is 0. The maximum Gasteiger partial charge on any atom is 0.323 e. The van der Waals surface area contributed by atoms with E-state index in [0.717, 1.165) is 12.8 Å². The fourth-order valence-corrected chi connectivity index (χ4v) is 6.61. The van der Waals surface area contributed by atoms with E-state index in [9.17, 15) is 23.1 Å². The first-order chi connectivity index (χ1) is 22.5. The highest BCUT2D eigenvalue weighted by molar-refractivity contribution is 7.89. The summed E-state index contributed by atoms with van der Waals surface area (Å²) in [4.78, 5) is 28.8. The summed E-state index contributed by atoms with van der Waals surface area (Å²) in [6.45, 7) is 5.96. The molecule has 0 spiro atoms. The molecule has 3 N–H and O–H groups in total. The lowest BCUT2D eigenvalue weighted by Gasteiger charge is -2.35. The van der Waals surface area contributed by atoms with E-state index < -0.39 is 34.1 Å². The molecule has 0 bridgehead atoms. The van der Waals surface area contributed by atoms with Crippen LogP contribution in [-0.2, 0) is 14.8 Å². The van der Waals surface area contributed by atoms with Crippen molar-refractivity contribution < 1.29 is 32.6 Å². The van der Waals surface area contributed by atoms with Gasteiger partial charge < -0.3 is 30.1 Å². The highest BCUT2D eigenvalue weighted by Crippen LogP contribution is 2.29. The molecule has 0 aliphatic carbocycles. The first-order valence-corrected chi connectivity index (χ1v) is 17.4. The number of likely N-dealkylation sites (N-methyl/N-ethyl adjacent to an activating group) is 1. The van der Waals surface area contributed by atoms with Gasteiger partial charge in [0.15, 0.2) is 0 Å². The Balaban J connectivity index is 1.63. The van der Waals surface area contributed by atoms with Crippen LogP contribution in [0.4, 0.5) is 16.2 Å². The summed E-state index contributed by atoms with van der Waals surface area (Å²) in [5.74, 6) is -0.336. The van der Waals surface area contributed by atoms with Crippen molar-refractivity contribution in [2.45, 2.75) is 63.2 Å². The highest BCUT2D eigenvalue weighted by Gasteiger charge is 2.32. The van der Waals surface area contributed by atoms with Crippen LogP contribution < -0.4 is 15.4 Å². The smallest absolute Gasteiger partial charge is 0.323 e. The van der Waals surface area contributed by atoms with Gasteiger partial charge in [0.2, 0.25) is 10.0 Å². The normalized spacial score (nSPS) is 20.4. The Morgan fingerprint density at radius 2 is 1.66 bits per heavy atom. The molecule has 0 saturated heterocycles. The average molecular weight is 667 g/mol. The molecule has 0 radical (unpaired) electrons. The summed E-state index contributed by atoms with van der Waals surface area (Å²) in [6, 6.07) is 21.1. The number of fused-ring (bicyclic) bond motifs is 1. The van der Waals surface area contributed by atoms with Gasteiger partial charge in [-0.1, -0.05) is 43.3 Å². The van der Waals surface area contributed by atoms with Crippen molar-refractivity contribution in [1.29, 1.82) is 0 Å². The summed E-state index contributed by atoms with van der Waals surface area (Å²) in [6.07, 6.45) is 1.50. The number of carbonyl (C=O) groups excluding carboxylic acids is 2. The number of ether oxygens (including phenoxy) is 2. The van der Waals surface area contributed by atoms with Crippen LogP contribution in [0.15, 0.2) is 83.8 Å². The number of amides is 3. The van der Waals surface area contributed by atoms with Crippen LogP contribution in [0.3, 0.4) is 0 Å². The number of sulfonamides is 1. The van der Waals surface area contributed by atoms with Gasteiger partial charge in [0, 0.05) is 44.0 Å². The minimum Gasteiger partial charge on any atom is -0.490 e. The number of hydrogen-bond donors (Lipinski definition) is 3. The lowest BCUT2D eigenvalue weighted by atomic mass is 10.0. The second-order valence-electron chi connectivity index (χ2n) is 12.1. The predicted octanol–water partition coefficient (Wildman–Crippen LogP) is 5.45. The van der Waals surface area contributed by atoms with E-state index >= 15 is 0 Å². The molecule has 0 aromatic heterocycles. The van der Waals surface area contributed by atoms with Gasteiger partial charge in [0.1, 0.15) is 5.75 Å². The predicted molar refractivity (Wildman–Crippen MR) is 182 cm³/mol. The first kappa shape index (κ1) is 35.9. The number of hydrogen-bond acceptors (Lipinski definition) is 7. The van der Waals surface area contributed by atoms with Gasteiger partial charge in [-0.05, 0) is 75.6 Å². The third-order valence-electron chi connectivity index (χ3n) is 8.23. The lowest BCUT2D eigenvalue weighted by molar-refractivity contribution is -0.00833. The third kappa shape index (κ3) is 9.77. The molecule has 4 atom stereocenters. The Bertz CT molecular complexity index is 1570. The molecule has 1 heterocycles. The van der Waals surface area contributed by atoms with E-state index in [1.54, 1.807) is 72.5 Å². The number of aliphatic hydroxyl groups excluding tert-OH is 1. The van der Waals surface area contributed by atoms with Gasteiger partial charge in [-0.15, -0.1) is 0 Å². The van der Waals surface area contributed by atoms with Gasteiger partial charge in [0.25, 0.3) is 5.91 Å². The van der Waals surface area contributed by atoms with E-state index in [1.807, 2.05) is 32.0 Å². The topological polar surface area (TPSA) is 138 Å². The molecule has 3 amide bonds. The van der Waals surface area contributed by atoms with Crippen LogP contribution in [0.1, 0.15) is 50.4 Å². The zero-order chi connectivity index (χ0) is 34.0. The number of nitrogens with zero attached hydrogens (tertiary/aromatic N) is 2. The Morgan fingerprint density at radius 1 is 1.00 bits per heavy atom. The molecule has 0 unspecified atom stereocenters. The molecule has 3 aromatic rings. The van der Waals surface area contributed by atoms with Crippen molar-refractivity contribution in [3.8, 4) is 5.75 Å². The fraction of sp³-hybridized carbons (Fsp3) is 0.429. The maximum atomic E-state index is 14.3. The van der Waals surface area contributed by atoms with E-state index in [-0.39, 0.29) is 42.2 Å². The number of benzene rings is 3. The first-order valence-electron chi connectivity index (χ1n) is 16.0. The Kier molecular flexibility index (Phi) is 12.8. The molecule has 1 aliphatic rings. The molecule has 0 saturated carbocycles. The molecule has 11 nitrogen and oxygen atoms in total. The average Bonchev–Trinajstić information content (AvgIpc) is 3.06. The largest absolute Gasteiger partial charge is 0.490 e. The molecule has 1 aliphatic heterocycles. The maximum absolute atomic E-state index is 14.3. The zero-order valence-corrected chi connectivity index (χ0v) is 28.3. The summed E-state index contributed by atoms with van der Waals surface area (Å²) < 4.78 is 40.6. The van der Waals surface area contributed by atoms with Crippen molar-refractivity contribution in [2.24, 2.45) is 5.92 Å². The van der Waals surface area contributed by atoms with Crippen LogP contribution >= 0.6 is 0 Å². The minimum absolute atomic E-state index is 0.0780. The van der Waals surface area contributed by atoms with E-state index in [4.69, 9.17) is 9.47 Å². The Labute approximate surface area is 277 Å². The monoisotopic (exact) mass is 666 g/mol. The van der Waals surface area contributed by atoms with E-state index in [0.29, 0.717) is 30.2 Å². The van der Waals surface area contributed by atoms with Crippen molar-refractivity contribution in [3.05, 3.63) is 84.4 Å². The summed E-state index contributed by atoms with van der Waals surface area (Å²) in [5.41, 5.74) is 1.24. The summed E-state index contributed by atoms with van der Waals surface area (Å²) in [7, 11) is -2.25. The lowest BCUT2D eigenvalue weighted by Crippen LogP contribution is -2.48. The number of urea groups is 1. The van der Waals surface area contributed by atoms with Gasteiger partial charge in [-0.3, -0.25) is 4.79 Å². The van der Waals surface area contributed by atoms with E-state index in [1.165, 1.54) is 11.4 Å². The van der Waals surface area contributed by atoms with Crippen LogP contribution in [0.5, 0.6) is 5.75 Å². The molecular formula is C35H46N4O7S. The van der Waals surface area contributed by atoms with Gasteiger partial charge in [-0.2, -0.15) is 4.31 Å². The second kappa shape index (κ2) is 16.7. The molecule has 3 aromatic carbocycles. The quantitative estimate of drug-likeness (QED) is 0.291. The standard InChI is InChI=1S/C35H46N4O7S/c1-25-22-39(26(2)24-40)34(41)31-21-29(37-35(42)36-28-14-7-5-8-15-28)18-19-32(31)46-27(3)13-11-12-20-45-33(25)23-38(4)47(43,44)30-16-9-6-10-17-30/h5-10,14-19,21,25-27,33,40H,11-13,20,22-24H2,1-4H3,(H2,36,37,42)/t25-,26+,27+,33-/m0/s1. The minimum atomic E-state index is -3.77. The number of carbonyl (C=O) groups is 2. The van der Waals surface area contributed by atoms with Crippen molar-refractivity contribution in [2.75, 3.05) is 44.0 Å². The molecular weight excluding hydrogens is 620 g/mol. The number of rotatable bonds is 8. The van der Waals surface area contributed by atoms with Crippen molar-refractivity contribution in [3.63, 3.8) is 0 Å². The van der Waals surface area contributed by atoms with Crippen LogP contribution in [0.25, 0.3) is 0 Å². The van der Waals surface area contributed by atoms with Crippen molar-refractivity contribution in [1.82, 2.24) is 9.21 Å². The molecule has 47 heavy (non-hydrogen) atoms. The van der Waals surface area contributed by atoms with Gasteiger partial charge in [-0.25, -0.2) is 13.2 Å². The molecule has 4 rings (SSSR count). The van der Waals surface area contributed by atoms with Crippen LogP contribution in [-0.4, -0.2) is 86.3 Å². The Morgan fingerprint density at radius 3 is 2.34 bits per heavy atom. The number of nitrogens with one attached hydrogen (secondary N) is 2. The van der Waals surface area contributed by atoms with E-state index in [2.05, 4.69) is 10.6 Å². The second-order valence-corrected chi connectivity index (χ2v) is 14.1. The number of para-hydroxylation sites is 1. The Hall–Kier alpha value is -3.97. The number of anilines is 2. The van der Waals surface area contributed by atoms with Crippen molar-refractivity contribution >= 4 is 33.3 Å². The van der Waals surface area contributed by atoms with Gasteiger partial charge >= 0.3 is 6.03 Å². The molecule has 0 fully saturated rings. The molecule has 254 valence electrons. The van der Waals surface area contributed by atoms with Crippen LogP contribution in [0, 0.1) is 5.92 Å². The number of aliphatic hydroxyl groups is 1. The van der Waals surface area contributed by atoms with Gasteiger partial charge in [0.05, 0.1) is 35.3 Å². The molecule has 12 heteroatoms. The third-order valence-corrected chi connectivity index (χ3v) is 10.1. The summed E-state index contributed by atoms with van der Waals surface area (Å²) in [5, 5.41) is 15.8.